The van der Waals surface area contributed by atoms with E-state index in [4.69, 9.17) is 5.73 Å². The van der Waals surface area contributed by atoms with Gasteiger partial charge in [-0.3, -0.25) is 0 Å². The molecular formula is C21H15FN2S. The van der Waals surface area contributed by atoms with Crippen LogP contribution in [0.4, 0.5) is 10.1 Å². The van der Waals surface area contributed by atoms with Crippen LogP contribution < -0.4 is 5.73 Å². The molecule has 122 valence electrons. The third-order valence-corrected chi connectivity index (χ3v) is 4.92. The van der Waals surface area contributed by atoms with Crippen molar-refractivity contribution in [3.05, 3.63) is 84.0 Å². The summed E-state index contributed by atoms with van der Waals surface area (Å²) in [6, 6.07) is 22.6. The molecule has 4 heteroatoms. The number of benzene rings is 2. The molecule has 4 aromatic rings. The highest BCUT2D eigenvalue weighted by Crippen LogP contribution is 2.40. The molecule has 2 aromatic heterocycles. The summed E-state index contributed by atoms with van der Waals surface area (Å²) in [5.41, 5.74) is 9.54. The lowest BCUT2D eigenvalue weighted by Crippen LogP contribution is -2.03. The Morgan fingerprint density at radius 2 is 1.40 bits per heavy atom. The minimum Gasteiger partial charge on any atom is -0.396 e. The Bertz CT molecular complexity index is 997. The maximum atomic E-state index is 15.4. The Morgan fingerprint density at radius 1 is 0.760 bits per heavy atom. The third-order valence-electron chi connectivity index (χ3n) is 4.04. The second-order valence-electron chi connectivity index (χ2n) is 5.62. The molecule has 0 aliphatic rings. The summed E-state index contributed by atoms with van der Waals surface area (Å²) in [4.78, 5) is 5.50. The van der Waals surface area contributed by atoms with E-state index in [0.717, 1.165) is 16.0 Å². The molecule has 0 atom stereocenters. The fourth-order valence-corrected chi connectivity index (χ4v) is 3.58. The minimum absolute atomic E-state index is 0.317. The SMILES string of the molecule is Nc1c(-c2cccs2)nc(-c2ccccc2)c(F)c1-c1ccccc1. The van der Waals surface area contributed by atoms with Crippen LogP contribution in [-0.4, -0.2) is 4.98 Å². The number of nitrogen functional groups attached to an aromatic ring is 1. The first-order valence-corrected chi connectivity index (χ1v) is 8.77. The van der Waals surface area contributed by atoms with E-state index in [1.54, 1.807) is 0 Å². The van der Waals surface area contributed by atoms with Crippen LogP contribution in [0, 0.1) is 5.82 Å². The van der Waals surface area contributed by atoms with Gasteiger partial charge in [-0.15, -0.1) is 11.3 Å². The van der Waals surface area contributed by atoms with Crippen LogP contribution in [0.2, 0.25) is 0 Å². The normalized spacial score (nSPS) is 10.8. The molecule has 0 aliphatic heterocycles. The molecule has 0 radical (unpaired) electrons. The van der Waals surface area contributed by atoms with Gasteiger partial charge in [0.15, 0.2) is 5.82 Å². The van der Waals surface area contributed by atoms with E-state index < -0.39 is 5.82 Å². The van der Waals surface area contributed by atoms with Crippen LogP contribution in [0.3, 0.4) is 0 Å². The molecule has 4 rings (SSSR count). The van der Waals surface area contributed by atoms with Crippen molar-refractivity contribution >= 4 is 17.0 Å². The second kappa shape index (κ2) is 6.49. The van der Waals surface area contributed by atoms with E-state index in [1.807, 2.05) is 78.2 Å². The summed E-state index contributed by atoms with van der Waals surface area (Å²) >= 11 is 1.54. The largest absolute Gasteiger partial charge is 0.396 e. The van der Waals surface area contributed by atoms with Crippen LogP contribution in [0.5, 0.6) is 0 Å². The summed E-state index contributed by atoms with van der Waals surface area (Å²) in [5.74, 6) is -0.393. The summed E-state index contributed by atoms with van der Waals surface area (Å²) in [6.45, 7) is 0. The molecule has 0 unspecified atom stereocenters. The summed E-state index contributed by atoms with van der Waals surface area (Å²) < 4.78 is 15.4. The van der Waals surface area contributed by atoms with E-state index in [-0.39, 0.29) is 0 Å². The minimum atomic E-state index is -0.393. The fraction of sp³-hybridized carbons (Fsp3) is 0. The first-order chi connectivity index (χ1) is 12.3. The van der Waals surface area contributed by atoms with Crippen LogP contribution in [-0.2, 0) is 0 Å². The van der Waals surface area contributed by atoms with Gasteiger partial charge in [-0.05, 0) is 17.0 Å². The van der Waals surface area contributed by atoms with Crippen molar-refractivity contribution in [2.24, 2.45) is 0 Å². The quantitative estimate of drug-likeness (QED) is 0.504. The molecule has 0 aliphatic carbocycles. The lowest BCUT2D eigenvalue weighted by molar-refractivity contribution is 0.630. The molecule has 0 fully saturated rings. The van der Waals surface area contributed by atoms with Gasteiger partial charge in [-0.1, -0.05) is 66.7 Å². The molecule has 0 saturated carbocycles. The van der Waals surface area contributed by atoms with Crippen LogP contribution >= 0.6 is 11.3 Å². The van der Waals surface area contributed by atoms with Crippen LogP contribution in [0.25, 0.3) is 33.0 Å². The maximum absolute atomic E-state index is 15.4. The van der Waals surface area contributed by atoms with Crippen molar-refractivity contribution in [3.63, 3.8) is 0 Å². The van der Waals surface area contributed by atoms with Gasteiger partial charge in [0.1, 0.15) is 11.4 Å². The van der Waals surface area contributed by atoms with Gasteiger partial charge in [-0.25, -0.2) is 9.37 Å². The molecule has 0 amide bonds. The molecule has 0 bridgehead atoms. The van der Waals surface area contributed by atoms with Crippen molar-refractivity contribution in [1.82, 2.24) is 4.98 Å². The van der Waals surface area contributed by atoms with Crippen molar-refractivity contribution in [1.29, 1.82) is 0 Å². The highest BCUT2D eigenvalue weighted by Gasteiger charge is 2.21. The van der Waals surface area contributed by atoms with Gasteiger partial charge >= 0.3 is 0 Å². The molecule has 2 aromatic carbocycles. The number of rotatable bonds is 3. The number of nitrogens with two attached hydrogens (primary N) is 1. The monoisotopic (exact) mass is 346 g/mol. The Labute approximate surface area is 149 Å². The highest BCUT2D eigenvalue weighted by molar-refractivity contribution is 7.13. The summed E-state index contributed by atoms with van der Waals surface area (Å²) in [7, 11) is 0. The van der Waals surface area contributed by atoms with Crippen molar-refractivity contribution in [3.8, 4) is 33.0 Å². The Kier molecular flexibility index (Phi) is 4.04. The Morgan fingerprint density at radius 3 is 2.00 bits per heavy atom. The second-order valence-corrected chi connectivity index (χ2v) is 6.57. The predicted molar refractivity (Wildman–Crippen MR) is 103 cm³/mol. The molecule has 2 heterocycles. The van der Waals surface area contributed by atoms with Gasteiger partial charge in [-0.2, -0.15) is 0 Å². The molecule has 2 N–H and O–H groups in total. The number of aromatic nitrogens is 1. The maximum Gasteiger partial charge on any atom is 0.159 e. The lowest BCUT2D eigenvalue weighted by Gasteiger charge is -2.15. The molecular weight excluding hydrogens is 331 g/mol. The van der Waals surface area contributed by atoms with Gasteiger partial charge < -0.3 is 5.73 Å². The Hall–Kier alpha value is -2.98. The number of nitrogens with zero attached hydrogens (tertiary/aromatic N) is 1. The van der Waals surface area contributed by atoms with E-state index >= 15 is 4.39 Å². The topological polar surface area (TPSA) is 38.9 Å². The van der Waals surface area contributed by atoms with Gasteiger partial charge in [0.25, 0.3) is 0 Å². The number of halogens is 1. The zero-order valence-corrected chi connectivity index (χ0v) is 14.1. The summed E-state index contributed by atoms with van der Waals surface area (Å²) in [6.07, 6.45) is 0. The van der Waals surface area contributed by atoms with E-state index in [1.165, 1.54) is 11.3 Å². The molecule has 2 nitrogen and oxygen atoms in total. The van der Waals surface area contributed by atoms with Gasteiger partial charge in [0, 0.05) is 11.1 Å². The number of hydrogen-bond donors (Lipinski definition) is 1. The highest BCUT2D eigenvalue weighted by atomic mass is 32.1. The summed E-state index contributed by atoms with van der Waals surface area (Å²) in [5, 5.41) is 1.96. The van der Waals surface area contributed by atoms with Crippen molar-refractivity contribution in [2.45, 2.75) is 0 Å². The molecule has 0 spiro atoms. The van der Waals surface area contributed by atoms with E-state index in [9.17, 15) is 0 Å². The zero-order valence-electron chi connectivity index (χ0n) is 13.3. The van der Waals surface area contributed by atoms with E-state index in [0.29, 0.717) is 22.6 Å². The number of hydrogen-bond acceptors (Lipinski definition) is 3. The van der Waals surface area contributed by atoms with Gasteiger partial charge in [0.05, 0.1) is 10.6 Å². The first kappa shape index (κ1) is 15.5. The lowest BCUT2D eigenvalue weighted by atomic mass is 9.98. The Balaban J connectivity index is 2.05. The number of anilines is 1. The zero-order chi connectivity index (χ0) is 17.2. The van der Waals surface area contributed by atoms with Crippen molar-refractivity contribution in [2.75, 3.05) is 5.73 Å². The average molecular weight is 346 g/mol. The van der Waals surface area contributed by atoms with Crippen molar-refractivity contribution < 1.29 is 4.39 Å². The number of thiophene rings is 1. The van der Waals surface area contributed by atoms with Gasteiger partial charge in [0.2, 0.25) is 0 Å². The first-order valence-electron chi connectivity index (χ1n) is 7.89. The van der Waals surface area contributed by atoms with Crippen LogP contribution in [0.1, 0.15) is 0 Å². The number of pyridine rings is 1. The predicted octanol–water partition coefficient (Wildman–Crippen LogP) is 5.87. The third kappa shape index (κ3) is 2.81. The smallest absolute Gasteiger partial charge is 0.159 e. The van der Waals surface area contributed by atoms with Crippen LogP contribution in [0.15, 0.2) is 78.2 Å². The molecule has 25 heavy (non-hydrogen) atoms. The standard InChI is InChI=1S/C21H15FN2S/c22-18-17(14-8-3-1-4-9-14)19(23)21(16-12-7-13-25-16)24-20(18)15-10-5-2-6-11-15/h1-13H,23H2. The fourth-order valence-electron chi connectivity index (χ4n) is 2.85. The van der Waals surface area contributed by atoms with E-state index in [2.05, 4.69) is 4.98 Å². The molecule has 0 saturated heterocycles. The average Bonchev–Trinajstić information content (AvgIpc) is 3.18.